The van der Waals surface area contributed by atoms with Crippen molar-refractivity contribution in [3.63, 3.8) is 0 Å². The Morgan fingerprint density at radius 1 is 1.20 bits per heavy atom. The fraction of sp³-hybridized carbons (Fsp3) is 0.176. The van der Waals surface area contributed by atoms with E-state index in [1.807, 2.05) is 17.5 Å². The van der Waals surface area contributed by atoms with Crippen LogP contribution >= 0.6 is 11.3 Å². The highest BCUT2D eigenvalue weighted by atomic mass is 32.2. The van der Waals surface area contributed by atoms with E-state index < -0.39 is 10.0 Å². The zero-order valence-corrected chi connectivity index (χ0v) is 15.2. The number of sulfonamides is 1. The molecule has 0 unspecified atom stereocenters. The largest absolute Gasteiger partial charge is 0.268 e. The molecule has 2 aromatic heterocycles. The van der Waals surface area contributed by atoms with Gasteiger partial charge in [0.1, 0.15) is 0 Å². The second-order valence-electron chi connectivity index (χ2n) is 5.51. The molecule has 3 aromatic rings. The molecule has 25 heavy (non-hydrogen) atoms. The van der Waals surface area contributed by atoms with Crippen molar-refractivity contribution in [2.45, 2.75) is 18.2 Å². The highest BCUT2D eigenvalue weighted by Crippen LogP contribution is 2.23. The number of rotatable bonds is 6. The molecule has 1 aromatic carbocycles. The molecule has 0 saturated carbocycles. The quantitative estimate of drug-likeness (QED) is 0.692. The summed E-state index contributed by atoms with van der Waals surface area (Å²) in [6.07, 6.45) is 0.650. The van der Waals surface area contributed by atoms with Crippen LogP contribution in [0, 0.1) is 6.92 Å². The van der Waals surface area contributed by atoms with Gasteiger partial charge in [-0.2, -0.15) is 5.10 Å². The highest BCUT2D eigenvalue weighted by Gasteiger charge is 2.17. The number of aromatic nitrogens is 2. The van der Waals surface area contributed by atoms with Crippen LogP contribution in [-0.2, 0) is 16.4 Å². The maximum atomic E-state index is 12.6. The number of nitrogens with zero attached hydrogens (tertiary/aromatic N) is 1. The summed E-state index contributed by atoms with van der Waals surface area (Å²) >= 11 is 1.60. The number of thiophene rings is 1. The van der Waals surface area contributed by atoms with Gasteiger partial charge in [-0.1, -0.05) is 18.2 Å². The minimum atomic E-state index is -3.63. The first-order chi connectivity index (χ1) is 12.0. The van der Waals surface area contributed by atoms with Crippen LogP contribution < -0.4 is 10.3 Å². The average molecular weight is 375 g/mol. The van der Waals surface area contributed by atoms with Gasteiger partial charge in [-0.15, -0.1) is 11.3 Å². The number of hydrogen-bond donors (Lipinski definition) is 2. The lowest BCUT2D eigenvalue weighted by atomic mass is 10.1. The third kappa shape index (κ3) is 4.22. The first-order valence-corrected chi connectivity index (χ1v) is 10.0. The smallest absolute Gasteiger partial charge is 0.264 e. The van der Waals surface area contributed by atoms with Gasteiger partial charge in [-0.05, 0) is 42.5 Å². The summed E-state index contributed by atoms with van der Waals surface area (Å²) in [5.41, 5.74) is 1.48. The lowest BCUT2D eigenvalue weighted by Gasteiger charge is -2.11. The van der Waals surface area contributed by atoms with E-state index in [1.165, 1.54) is 6.07 Å². The lowest BCUT2D eigenvalue weighted by Crippen LogP contribution is -2.26. The summed E-state index contributed by atoms with van der Waals surface area (Å²) in [5.74, 6) is 0. The first-order valence-electron chi connectivity index (χ1n) is 7.64. The maximum Gasteiger partial charge on any atom is 0.264 e. The number of hydrogen-bond acceptors (Lipinski definition) is 5. The lowest BCUT2D eigenvalue weighted by molar-refractivity contribution is 0.581. The summed E-state index contributed by atoms with van der Waals surface area (Å²) in [5, 5.41) is 8.26. The van der Waals surface area contributed by atoms with Crippen LogP contribution in [-0.4, -0.2) is 25.2 Å². The van der Waals surface area contributed by atoms with Gasteiger partial charge in [0.25, 0.3) is 5.56 Å². The first kappa shape index (κ1) is 17.5. The van der Waals surface area contributed by atoms with Gasteiger partial charge in [0.05, 0.1) is 10.6 Å². The van der Waals surface area contributed by atoms with Crippen LogP contribution in [0.5, 0.6) is 0 Å². The van der Waals surface area contributed by atoms with Crippen molar-refractivity contribution >= 4 is 21.4 Å². The number of H-pyrrole nitrogens is 1. The predicted molar refractivity (Wildman–Crippen MR) is 98.2 cm³/mol. The fourth-order valence-corrected chi connectivity index (χ4v) is 4.40. The van der Waals surface area contributed by atoms with Gasteiger partial charge in [-0.3, -0.25) is 4.79 Å². The third-order valence-corrected chi connectivity index (χ3v) is 6.24. The van der Waals surface area contributed by atoms with Crippen molar-refractivity contribution in [1.29, 1.82) is 0 Å². The van der Waals surface area contributed by atoms with Gasteiger partial charge >= 0.3 is 0 Å². The SMILES string of the molecule is Cc1ccc(-c2ccc(=O)[nH]n2)cc1S(=O)(=O)NCCc1cccs1. The Balaban J connectivity index is 1.83. The van der Waals surface area contributed by atoms with Crippen molar-refractivity contribution in [3.8, 4) is 11.3 Å². The normalized spacial score (nSPS) is 11.6. The summed E-state index contributed by atoms with van der Waals surface area (Å²) in [4.78, 5) is 12.5. The monoisotopic (exact) mass is 375 g/mol. The molecule has 6 nitrogen and oxygen atoms in total. The van der Waals surface area contributed by atoms with E-state index in [2.05, 4.69) is 14.9 Å². The zero-order valence-electron chi connectivity index (χ0n) is 13.5. The van der Waals surface area contributed by atoms with E-state index in [4.69, 9.17) is 0 Å². The van der Waals surface area contributed by atoms with Crippen LogP contribution in [0.4, 0.5) is 0 Å². The average Bonchev–Trinajstić information content (AvgIpc) is 3.09. The molecule has 0 spiro atoms. The van der Waals surface area contributed by atoms with Crippen LogP contribution in [0.2, 0.25) is 0 Å². The van der Waals surface area contributed by atoms with Crippen molar-refractivity contribution in [1.82, 2.24) is 14.9 Å². The van der Waals surface area contributed by atoms with E-state index in [-0.39, 0.29) is 10.5 Å². The molecule has 3 rings (SSSR count). The van der Waals surface area contributed by atoms with Gasteiger partial charge in [-0.25, -0.2) is 18.2 Å². The number of aromatic amines is 1. The fourth-order valence-electron chi connectivity index (χ4n) is 2.40. The Hall–Kier alpha value is -2.29. The van der Waals surface area contributed by atoms with Gasteiger partial charge in [0.15, 0.2) is 0 Å². The minimum Gasteiger partial charge on any atom is -0.268 e. The molecule has 0 aliphatic heterocycles. The van der Waals surface area contributed by atoms with Gasteiger partial charge in [0, 0.05) is 23.1 Å². The van der Waals surface area contributed by atoms with Gasteiger partial charge < -0.3 is 0 Å². The van der Waals surface area contributed by atoms with E-state index >= 15 is 0 Å². The summed E-state index contributed by atoms with van der Waals surface area (Å²) < 4.78 is 27.9. The molecular weight excluding hydrogens is 358 g/mol. The molecule has 130 valence electrons. The van der Waals surface area contributed by atoms with E-state index in [0.717, 1.165) is 4.88 Å². The number of aryl methyl sites for hydroxylation is 1. The van der Waals surface area contributed by atoms with E-state index in [1.54, 1.807) is 42.5 Å². The predicted octanol–water partition coefficient (Wildman–Crippen LogP) is 2.33. The Morgan fingerprint density at radius 3 is 2.72 bits per heavy atom. The zero-order chi connectivity index (χ0) is 17.9. The second-order valence-corrected chi connectivity index (χ2v) is 8.28. The Kier molecular flexibility index (Phi) is 5.12. The molecule has 0 radical (unpaired) electrons. The molecule has 8 heteroatoms. The van der Waals surface area contributed by atoms with Crippen LogP contribution in [0.1, 0.15) is 10.4 Å². The molecular formula is C17H17N3O3S2. The number of benzene rings is 1. The molecule has 0 amide bonds. The highest BCUT2D eigenvalue weighted by molar-refractivity contribution is 7.89. The van der Waals surface area contributed by atoms with Crippen molar-refractivity contribution in [3.05, 3.63) is 68.6 Å². The summed E-state index contributed by atoms with van der Waals surface area (Å²) in [7, 11) is -3.63. The Morgan fingerprint density at radius 2 is 2.04 bits per heavy atom. The third-order valence-electron chi connectivity index (χ3n) is 3.70. The maximum absolute atomic E-state index is 12.6. The Labute approximate surface area is 149 Å². The molecule has 0 saturated heterocycles. The van der Waals surface area contributed by atoms with Crippen molar-refractivity contribution in [2.24, 2.45) is 0 Å². The molecule has 0 aliphatic rings. The molecule has 0 atom stereocenters. The molecule has 0 aliphatic carbocycles. The van der Waals surface area contributed by atoms with Crippen molar-refractivity contribution < 1.29 is 8.42 Å². The van der Waals surface area contributed by atoms with Crippen LogP contribution in [0.25, 0.3) is 11.3 Å². The van der Waals surface area contributed by atoms with E-state index in [0.29, 0.717) is 29.8 Å². The summed E-state index contributed by atoms with van der Waals surface area (Å²) in [6.45, 7) is 2.08. The van der Waals surface area contributed by atoms with E-state index in [9.17, 15) is 13.2 Å². The molecule has 2 heterocycles. The van der Waals surface area contributed by atoms with Crippen LogP contribution in [0.15, 0.2) is 57.5 Å². The molecule has 0 bridgehead atoms. The second kappa shape index (κ2) is 7.30. The standard InChI is InChI=1S/C17H17N3O3S2/c1-12-4-5-13(15-6-7-17(21)20-19-15)11-16(12)25(22,23)18-9-8-14-3-2-10-24-14/h2-7,10-11,18H,8-9H2,1H3,(H,20,21). The Bertz CT molecular complexity index is 1010. The molecule has 2 N–H and O–H groups in total. The molecule has 0 fully saturated rings. The topological polar surface area (TPSA) is 91.9 Å². The van der Waals surface area contributed by atoms with Crippen LogP contribution in [0.3, 0.4) is 0 Å². The van der Waals surface area contributed by atoms with Crippen molar-refractivity contribution in [2.75, 3.05) is 6.54 Å². The van der Waals surface area contributed by atoms with Gasteiger partial charge in [0.2, 0.25) is 10.0 Å². The number of nitrogens with one attached hydrogen (secondary N) is 2. The summed E-state index contributed by atoms with van der Waals surface area (Å²) in [6, 6.07) is 11.9. The minimum absolute atomic E-state index is 0.212.